The van der Waals surface area contributed by atoms with Crippen LogP contribution >= 0.6 is 0 Å². The van der Waals surface area contributed by atoms with Crippen LogP contribution in [0.3, 0.4) is 0 Å². The summed E-state index contributed by atoms with van der Waals surface area (Å²) in [7, 11) is 0. The molecule has 0 atom stereocenters. The second kappa shape index (κ2) is 5.71. The van der Waals surface area contributed by atoms with E-state index >= 15 is 0 Å². The molecule has 0 unspecified atom stereocenters. The molecule has 0 amide bonds. The van der Waals surface area contributed by atoms with Gasteiger partial charge in [0.25, 0.3) is 0 Å². The first-order valence-corrected chi connectivity index (χ1v) is 6.75. The molecule has 0 bridgehead atoms. The number of nitrogens with zero attached hydrogens (tertiary/aromatic N) is 3. The molecule has 1 aromatic carbocycles. The molecular formula is C16H12F3N3. The highest BCUT2D eigenvalue weighted by molar-refractivity contribution is 5.94. The molecule has 3 aromatic rings. The largest absolute Gasteiger partial charge is 0.389 e. The van der Waals surface area contributed by atoms with Gasteiger partial charge in [-0.3, -0.25) is 4.98 Å². The number of halogens is 3. The second-order valence-corrected chi connectivity index (χ2v) is 4.89. The molecule has 3 rings (SSSR count). The third kappa shape index (κ3) is 3.21. The van der Waals surface area contributed by atoms with E-state index in [4.69, 9.17) is 0 Å². The van der Waals surface area contributed by atoms with Crippen LogP contribution in [-0.4, -0.2) is 21.1 Å². The van der Waals surface area contributed by atoms with Crippen LogP contribution in [0.25, 0.3) is 22.2 Å². The summed E-state index contributed by atoms with van der Waals surface area (Å²) in [6.45, 7) is 0. The molecule has 0 radical (unpaired) electrons. The Morgan fingerprint density at radius 1 is 1.00 bits per heavy atom. The SMILES string of the molecule is FC(F)(F)CCc1ccnc(-c2cccc3cnccc23)n1. The third-order valence-corrected chi connectivity index (χ3v) is 3.30. The topological polar surface area (TPSA) is 38.7 Å². The molecule has 0 N–H and O–H groups in total. The quantitative estimate of drug-likeness (QED) is 0.728. The maximum Gasteiger partial charge on any atom is 0.389 e. The van der Waals surface area contributed by atoms with Crippen molar-refractivity contribution in [3.05, 3.63) is 54.6 Å². The highest BCUT2D eigenvalue weighted by atomic mass is 19.4. The molecule has 0 aliphatic rings. The average Bonchev–Trinajstić information content (AvgIpc) is 2.52. The van der Waals surface area contributed by atoms with Gasteiger partial charge >= 0.3 is 6.18 Å². The molecule has 2 aromatic heterocycles. The number of aromatic nitrogens is 3. The van der Waals surface area contributed by atoms with Gasteiger partial charge < -0.3 is 0 Å². The van der Waals surface area contributed by atoms with Crippen molar-refractivity contribution >= 4 is 10.8 Å². The van der Waals surface area contributed by atoms with Crippen molar-refractivity contribution in [3.63, 3.8) is 0 Å². The Balaban J connectivity index is 1.97. The molecule has 3 nitrogen and oxygen atoms in total. The molecule has 2 heterocycles. The van der Waals surface area contributed by atoms with Crippen molar-refractivity contribution in [1.29, 1.82) is 0 Å². The van der Waals surface area contributed by atoms with E-state index in [1.165, 1.54) is 12.3 Å². The van der Waals surface area contributed by atoms with E-state index in [-0.39, 0.29) is 6.42 Å². The molecule has 0 saturated heterocycles. The van der Waals surface area contributed by atoms with Crippen molar-refractivity contribution in [2.24, 2.45) is 0 Å². The van der Waals surface area contributed by atoms with Crippen LogP contribution in [0, 0.1) is 0 Å². The standard InChI is InChI=1S/C16H12F3N3/c17-16(18,19)7-4-12-5-9-21-15(22-12)14-3-1-2-11-10-20-8-6-13(11)14/h1-3,5-6,8-10H,4,7H2. The van der Waals surface area contributed by atoms with E-state index in [1.54, 1.807) is 12.4 Å². The van der Waals surface area contributed by atoms with Crippen LogP contribution in [0.4, 0.5) is 13.2 Å². The van der Waals surface area contributed by atoms with Gasteiger partial charge in [-0.1, -0.05) is 18.2 Å². The molecular weight excluding hydrogens is 291 g/mol. The van der Waals surface area contributed by atoms with Crippen molar-refractivity contribution in [2.75, 3.05) is 0 Å². The van der Waals surface area contributed by atoms with Crippen molar-refractivity contribution in [1.82, 2.24) is 15.0 Å². The summed E-state index contributed by atoms with van der Waals surface area (Å²) < 4.78 is 37.0. The zero-order valence-corrected chi connectivity index (χ0v) is 11.5. The van der Waals surface area contributed by atoms with E-state index in [9.17, 15) is 13.2 Å². The predicted octanol–water partition coefficient (Wildman–Crippen LogP) is 4.19. The molecule has 0 spiro atoms. The summed E-state index contributed by atoms with van der Waals surface area (Å²) in [4.78, 5) is 12.5. The zero-order chi connectivity index (χ0) is 15.6. The molecule has 112 valence electrons. The highest BCUT2D eigenvalue weighted by Crippen LogP contribution is 2.26. The lowest BCUT2D eigenvalue weighted by Gasteiger charge is -2.08. The number of aryl methyl sites for hydroxylation is 1. The fourth-order valence-corrected chi connectivity index (χ4v) is 2.25. The third-order valence-electron chi connectivity index (χ3n) is 3.30. The Hall–Kier alpha value is -2.50. The highest BCUT2D eigenvalue weighted by Gasteiger charge is 2.26. The Bertz CT molecular complexity index is 794. The Kier molecular flexibility index (Phi) is 3.75. The first-order valence-electron chi connectivity index (χ1n) is 6.75. The van der Waals surface area contributed by atoms with Gasteiger partial charge in [0.2, 0.25) is 0 Å². The lowest BCUT2D eigenvalue weighted by Crippen LogP contribution is -2.09. The number of pyridine rings is 1. The number of fused-ring (bicyclic) bond motifs is 1. The van der Waals surface area contributed by atoms with E-state index in [1.807, 2.05) is 24.3 Å². The number of alkyl halides is 3. The van der Waals surface area contributed by atoms with Crippen molar-refractivity contribution in [3.8, 4) is 11.4 Å². The lowest BCUT2D eigenvalue weighted by atomic mass is 10.1. The van der Waals surface area contributed by atoms with Gasteiger partial charge in [0.1, 0.15) is 0 Å². The Morgan fingerprint density at radius 3 is 2.68 bits per heavy atom. The van der Waals surface area contributed by atoms with Gasteiger partial charge in [0, 0.05) is 41.7 Å². The molecule has 0 aliphatic heterocycles. The average molecular weight is 303 g/mol. The minimum absolute atomic E-state index is 0.147. The van der Waals surface area contributed by atoms with Gasteiger partial charge in [-0.2, -0.15) is 13.2 Å². The van der Waals surface area contributed by atoms with Crippen LogP contribution in [0.5, 0.6) is 0 Å². The normalized spacial score (nSPS) is 11.8. The van der Waals surface area contributed by atoms with Crippen LogP contribution < -0.4 is 0 Å². The number of benzene rings is 1. The monoisotopic (exact) mass is 303 g/mol. The summed E-state index contributed by atoms with van der Waals surface area (Å²) in [5, 5.41) is 1.86. The first-order chi connectivity index (χ1) is 10.5. The maximum absolute atomic E-state index is 12.3. The minimum atomic E-state index is -4.18. The van der Waals surface area contributed by atoms with Gasteiger partial charge in [0.15, 0.2) is 5.82 Å². The molecule has 0 aliphatic carbocycles. The van der Waals surface area contributed by atoms with Gasteiger partial charge in [-0.05, 0) is 23.9 Å². The Morgan fingerprint density at radius 2 is 1.86 bits per heavy atom. The summed E-state index contributed by atoms with van der Waals surface area (Å²) in [6.07, 6.45) is -0.329. The number of hydrogen-bond donors (Lipinski definition) is 0. The van der Waals surface area contributed by atoms with Crippen LogP contribution in [0.2, 0.25) is 0 Å². The van der Waals surface area contributed by atoms with Crippen LogP contribution in [-0.2, 0) is 6.42 Å². The van der Waals surface area contributed by atoms with Crippen molar-refractivity contribution < 1.29 is 13.2 Å². The number of hydrogen-bond acceptors (Lipinski definition) is 3. The number of rotatable bonds is 3. The summed E-state index contributed by atoms with van der Waals surface area (Å²) in [6, 6.07) is 8.98. The maximum atomic E-state index is 12.3. The fourth-order valence-electron chi connectivity index (χ4n) is 2.25. The first kappa shape index (κ1) is 14.4. The van der Waals surface area contributed by atoms with E-state index in [2.05, 4.69) is 15.0 Å². The van der Waals surface area contributed by atoms with E-state index in [0.717, 1.165) is 16.3 Å². The fraction of sp³-hybridized carbons (Fsp3) is 0.188. The molecule has 6 heteroatoms. The minimum Gasteiger partial charge on any atom is -0.264 e. The van der Waals surface area contributed by atoms with Gasteiger partial charge in [-0.15, -0.1) is 0 Å². The smallest absolute Gasteiger partial charge is 0.264 e. The summed E-state index contributed by atoms with van der Waals surface area (Å²) in [5.74, 6) is 0.427. The molecule has 22 heavy (non-hydrogen) atoms. The van der Waals surface area contributed by atoms with Gasteiger partial charge in [-0.25, -0.2) is 9.97 Å². The predicted molar refractivity (Wildman–Crippen MR) is 77.1 cm³/mol. The second-order valence-electron chi connectivity index (χ2n) is 4.89. The van der Waals surface area contributed by atoms with Gasteiger partial charge in [0.05, 0.1) is 0 Å². The molecule has 0 fully saturated rings. The van der Waals surface area contributed by atoms with E-state index < -0.39 is 12.6 Å². The van der Waals surface area contributed by atoms with Crippen LogP contribution in [0.15, 0.2) is 48.9 Å². The summed E-state index contributed by atoms with van der Waals surface area (Å²) >= 11 is 0. The zero-order valence-electron chi connectivity index (χ0n) is 11.5. The van der Waals surface area contributed by atoms with E-state index in [0.29, 0.717) is 11.5 Å². The van der Waals surface area contributed by atoms with Crippen molar-refractivity contribution in [2.45, 2.75) is 19.0 Å². The Labute approximate surface area is 124 Å². The molecule has 0 saturated carbocycles. The van der Waals surface area contributed by atoms with Crippen LogP contribution in [0.1, 0.15) is 12.1 Å². The summed E-state index contributed by atoms with van der Waals surface area (Å²) in [5.41, 5.74) is 1.17. The lowest BCUT2D eigenvalue weighted by molar-refractivity contribution is -0.134.